The summed E-state index contributed by atoms with van der Waals surface area (Å²) in [6.07, 6.45) is -22.1. The first-order valence-corrected chi connectivity index (χ1v) is 6.51. The van der Waals surface area contributed by atoms with E-state index >= 15 is 0 Å². The smallest absolute Gasteiger partial charge is 0.353 e. The molecule has 0 aromatic rings. The molecule has 0 bridgehead atoms. The number of hydrogen-bond acceptors (Lipinski definition) is 2. The second-order valence-corrected chi connectivity index (χ2v) is 5.46. The monoisotopic (exact) mass is 395 g/mol. The van der Waals surface area contributed by atoms with E-state index in [1.807, 2.05) is 0 Å². The average Bonchev–Trinajstić information content (AvgIpc) is 2.43. The predicted octanol–water partition coefficient (Wildman–Crippen LogP) is 4.32. The number of hydrogen-bond donors (Lipinski definition) is 0. The summed E-state index contributed by atoms with van der Waals surface area (Å²) in [4.78, 5) is -0.936. The molecule has 1 aliphatic rings. The van der Waals surface area contributed by atoms with Crippen molar-refractivity contribution in [1.29, 1.82) is 0 Å². The van der Waals surface area contributed by atoms with Crippen LogP contribution in [0, 0.1) is 0 Å². The van der Waals surface area contributed by atoms with Gasteiger partial charge in [0.2, 0.25) is 6.17 Å². The molecule has 0 aromatic heterocycles. The van der Waals surface area contributed by atoms with Crippen molar-refractivity contribution in [3.63, 3.8) is 0 Å². The molecule has 0 N–H and O–H groups in total. The zero-order valence-corrected chi connectivity index (χ0v) is 12.4. The lowest BCUT2D eigenvalue weighted by molar-refractivity contribution is -0.338. The van der Waals surface area contributed by atoms with Crippen LogP contribution in [0.5, 0.6) is 0 Å². The molecule has 0 radical (unpaired) electrons. The Kier molecular flexibility index (Phi) is 5.75. The molecule has 2 nitrogen and oxygen atoms in total. The van der Waals surface area contributed by atoms with E-state index in [4.69, 9.17) is 0 Å². The van der Waals surface area contributed by atoms with Crippen LogP contribution in [0.1, 0.15) is 6.92 Å². The number of allylic oxidation sites excluding steroid dienone is 1. The van der Waals surface area contributed by atoms with Gasteiger partial charge < -0.3 is 4.74 Å². The molecule has 1 saturated heterocycles. The van der Waals surface area contributed by atoms with Crippen molar-refractivity contribution in [2.75, 3.05) is 13.1 Å². The number of morpholine rings is 1. The Balaban J connectivity index is 3.21. The van der Waals surface area contributed by atoms with Gasteiger partial charge in [0.05, 0.1) is 0 Å². The summed E-state index contributed by atoms with van der Waals surface area (Å²) in [6, 6.07) is -5.33. The molecule has 148 valence electrons. The van der Waals surface area contributed by atoms with Crippen LogP contribution in [0.4, 0.5) is 48.3 Å². The maximum absolute atomic E-state index is 13.9. The molecule has 0 amide bonds. The standard InChI is InChI=1S/C12H12F11NO/c1-5(2)9(14,15)8(13)12(22,23)24-3-6(10(16,17)18)25-7(4-24)11(19,20)21/h6-8H,1,3-4H2,2H3. The van der Waals surface area contributed by atoms with Crippen LogP contribution in [0.15, 0.2) is 12.2 Å². The number of nitrogens with zero attached hydrogens (tertiary/aromatic N) is 1. The highest BCUT2D eigenvalue weighted by molar-refractivity contribution is 5.10. The SMILES string of the molecule is C=C(C)C(F)(F)C(F)C(F)(F)N1CC(C(F)(F)F)OC(C(F)(F)F)C1. The van der Waals surface area contributed by atoms with Gasteiger partial charge in [-0.25, -0.2) is 9.29 Å². The van der Waals surface area contributed by atoms with Gasteiger partial charge in [0.1, 0.15) is 0 Å². The summed E-state index contributed by atoms with van der Waals surface area (Å²) < 4.78 is 148. The van der Waals surface area contributed by atoms with Crippen LogP contribution < -0.4 is 0 Å². The van der Waals surface area contributed by atoms with Gasteiger partial charge in [0.25, 0.3) is 0 Å². The average molecular weight is 395 g/mol. The summed E-state index contributed by atoms with van der Waals surface area (Å²) >= 11 is 0. The molecule has 13 heteroatoms. The minimum atomic E-state index is -5.50. The van der Waals surface area contributed by atoms with E-state index in [0.29, 0.717) is 6.92 Å². The Morgan fingerprint density at radius 1 is 0.920 bits per heavy atom. The van der Waals surface area contributed by atoms with Crippen molar-refractivity contribution >= 4 is 0 Å². The minimum Gasteiger partial charge on any atom is -0.353 e. The topological polar surface area (TPSA) is 12.5 Å². The van der Waals surface area contributed by atoms with Gasteiger partial charge in [-0.15, -0.1) is 0 Å². The minimum absolute atomic E-state index is 0.485. The predicted molar refractivity (Wildman–Crippen MR) is 61.9 cm³/mol. The Morgan fingerprint density at radius 3 is 1.56 bits per heavy atom. The third-order valence-corrected chi connectivity index (χ3v) is 3.44. The largest absolute Gasteiger partial charge is 0.415 e. The highest BCUT2D eigenvalue weighted by Crippen LogP contribution is 2.43. The van der Waals surface area contributed by atoms with Crippen molar-refractivity contribution < 1.29 is 53.0 Å². The van der Waals surface area contributed by atoms with Crippen LogP contribution in [0.3, 0.4) is 0 Å². The Morgan fingerprint density at radius 2 is 1.28 bits per heavy atom. The van der Waals surface area contributed by atoms with Gasteiger partial charge in [-0.05, 0) is 12.5 Å². The van der Waals surface area contributed by atoms with Crippen LogP contribution in [0.25, 0.3) is 0 Å². The van der Waals surface area contributed by atoms with Gasteiger partial charge in [-0.1, -0.05) is 6.58 Å². The number of rotatable bonds is 4. The van der Waals surface area contributed by atoms with Gasteiger partial charge >= 0.3 is 24.3 Å². The van der Waals surface area contributed by atoms with Gasteiger partial charge in [-0.3, -0.25) is 0 Å². The fraction of sp³-hybridized carbons (Fsp3) is 0.833. The lowest BCUT2D eigenvalue weighted by atomic mass is 10.0. The van der Waals surface area contributed by atoms with E-state index in [2.05, 4.69) is 11.3 Å². The van der Waals surface area contributed by atoms with Gasteiger partial charge in [0.15, 0.2) is 12.2 Å². The van der Waals surface area contributed by atoms with E-state index < -0.39 is 66.3 Å². The first-order valence-electron chi connectivity index (χ1n) is 6.51. The zero-order chi connectivity index (χ0) is 20.0. The third kappa shape index (κ3) is 4.54. The number of alkyl halides is 11. The van der Waals surface area contributed by atoms with Crippen LogP contribution >= 0.6 is 0 Å². The molecule has 0 aromatic carbocycles. The fourth-order valence-corrected chi connectivity index (χ4v) is 1.96. The van der Waals surface area contributed by atoms with E-state index in [9.17, 15) is 48.3 Å². The summed E-state index contributed by atoms with van der Waals surface area (Å²) in [5.41, 5.74) is -1.37. The molecular weight excluding hydrogens is 383 g/mol. The van der Waals surface area contributed by atoms with E-state index in [1.165, 1.54) is 0 Å². The molecule has 3 unspecified atom stereocenters. The fourth-order valence-electron chi connectivity index (χ4n) is 1.96. The summed E-state index contributed by atoms with van der Waals surface area (Å²) in [5.74, 6) is -4.87. The summed E-state index contributed by atoms with van der Waals surface area (Å²) in [5, 5.41) is 0. The Hall–Kier alpha value is -1.11. The molecule has 1 rings (SSSR count). The van der Waals surface area contributed by atoms with E-state index in [1.54, 1.807) is 0 Å². The number of halogens is 11. The van der Waals surface area contributed by atoms with Crippen molar-refractivity contribution in [1.82, 2.24) is 4.90 Å². The highest BCUT2D eigenvalue weighted by Gasteiger charge is 2.63. The third-order valence-electron chi connectivity index (χ3n) is 3.44. The first kappa shape index (κ1) is 21.9. The molecule has 1 heterocycles. The van der Waals surface area contributed by atoms with E-state index in [-0.39, 0.29) is 0 Å². The molecule has 0 saturated carbocycles. The zero-order valence-electron chi connectivity index (χ0n) is 12.4. The lowest BCUT2D eigenvalue weighted by Gasteiger charge is -2.43. The molecule has 1 aliphatic heterocycles. The maximum Gasteiger partial charge on any atom is 0.415 e. The first-order chi connectivity index (χ1) is 10.9. The molecule has 3 atom stereocenters. The molecule has 25 heavy (non-hydrogen) atoms. The molecule has 1 fully saturated rings. The van der Waals surface area contributed by atoms with E-state index in [0.717, 1.165) is 0 Å². The van der Waals surface area contributed by atoms with Crippen molar-refractivity contribution in [2.24, 2.45) is 0 Å². The maximum atomic E-state index is 13.9. The Bertz CT molecular complexity index is 476. The Labute approximate surface area is 134 Å². The highest BCUT2D eigenvalue weighted by atomic mass is 19.4. The summed E-state index contributed by atoms with van der Waals surface area (Å²) in [7, 11) is 0. The number of ether oxygens (including phenoxy) is 1. The van der Waals surface area contributed by atoms with Crippen molar-refractivity contribution in [2.45, 2.75) is 49.6 Å². The molecular formula is C12H12F11NO. The lowest BCUT2D eigenvalue weighted by Crippen LogP contribution is -2.65. The molecule has 0 spiro atoms. The van der Waals surface area contributed by atoms with Gasteiger partial charge in [-0.2, -0.15) is 43.9 Å². The van der Waals surface area contributed by atoms with Gasteiger partial charge in [0, 0.05) is 13.1 Å². The van der Waals surface area contributed by atoms with Crippen molar-refractivity contribution in [3.8, 4) is 0 Å². The quantitative estimate of drug-likeness (QED) is 0.399. The normalized spacial score (nSPS) is 25.8. The second kappa shape index (κ2) is 6.56. The molecule has 0 aliphatic carbocycles. The second-order valence-electron chi connectivity index (χ2n) is 5.46. The van der Waals surface area contributed by atoms with Crippen LogP contribution in [-0.2, 0) is 4.74 Å². The van der Waals surface area contributed by atoms with Crippen molar-refractivity contribution in [3.05, 3.63) is 12.2 Å². The summed E-state index contributed by atoms with van der Waals surface area (Å²) in [6.45, 7) is -0.824. The van der Waals surface area contributed by atoms with Crippen LogP contribution in [0.2, 0.25) is 0 Å². The van der Waals surface area contributed by atoms with Crippen LogP contribution in [-0.4, -0.2) is 60.7 Å².